The predicted molar refractivity (Wildman–Crippen MR) is 101 cm³/mol. The highest BCUT2D eigenvalue weighted by atomic mass is 19.1. The maximum Gasteiger partial charge on any atom is 0.336 e. The van der Waals surface area contributed by atoms with Gasteiger partial charge in [-0.25, -0.2) is 14.2 Å². The maximum atomic E-state index is 13.4. The van der Waals surface area contributed by atoms with Gasteiger partial charge in [-0.3, -0.25) is 4.90 Å². The van der Waals surface area contributed by atoms with Crippen molar-refractivity contribution in [3.63, 3.8) is 0 Å². The molecule has 2 heterocycles. The van der Waals surface area contributed by atoms with Crippen LogP contribution in [0.3, 0.4) is 0 Å². The molecule has 3 aromatic rings. The van der Waals surface area contributed by atoms with Crippen molar-refractivity contribution in [2.45, 2.75) is 31.8 Å². The fraction of sp³-hybridized carbons (Fsp3) is 0.273. The Labute approximate surface area is 162 Å². The highest BCUT2D eigenvalue weighted by molar-refractivity contribution is 5.89. The molecule has 0 unspecified atom stereocenters. The molecule has 0 spiro atoms. The number of likely N-dealkylation sites (tertiary alicyclic amines) is 1. The summed E-state index contributed by atoms with van der Waals surface area (Å²) in [4.78, 5) is 18.1. The van der Waals surface area contributed by atoms with Gasteiger partial charge in [0.25, 0.3) is 0 Å². The van der Waals surface area contributed by atoms with Crippen molar-refractivity contribution in [3.8, 4) is 0 Å². The Morgan fingerprint density at radius 3 is 2.93 bits per heavy atom. The van der Waals surface area contributed by atoms with Gasteiger partial charge < -0.3 is 9.52 Å². The molecule has 1 aliphatic rings. The molecule has 28 heavy (non-hydrogen) atoms. The van der Waals surface area contributed by atoms with Crippen molar-refractivity contribution in [3.05, 3.63) is 88.9 Å². The molecule has 4 rings (SSSR count). The molecule has 1 aromatic heterocycles. The number of carbonyl (C=O) groups is 1. The molecule has 0 amide bonds. The van der Waals surface area contributed by atoms with Crippen LogP contribution >= 0.6 is 0 Å². The van der Waals surface area contributed by atoms with Crippen LogP contribution in [0, 0.1) is 5.82 Å². The highest BCUT2D eigenvalue weighted by Crippen LogP contribution is 2.33. The molecule has 1 saturated heterocycles. The summed E-state index contributed by atoms with van der Waals surface area (Å²) in [5.74, 6) is 0.145. The van der Waals surface area contributed by atoms with Crippen molar-refractivity contribution < 1.29 is 18.7 Å². The standard InChI is InChI=1S/C22H21FN2O3/c23-17-7-3-5-15(11-17)12-18-13-24-21(28-18)20-9-4-10-25(20)14-16-6-1-2-8-19(16)22(26)27/h1-3,5-8,11,13,20H,4,9-10,12,14H2,(H,26,27)/t20-/m0/s1. The van der Waals surface area contributed by atoms with Crippen LogP contribution in [0.25, 0.3) is 0 Å². The Kier molecular flexibility index (Phi) is 5.21. The molecule has 2 aromatic carbocycles. The number of carboxylic acids is 1. The lowest BCUT2D eigenvalue weighted by atomic mass is 10.1. The highest BCUT2D eigenvalue weighted by Gasteiger charge is 2.30. The lowest BCUT2D eigenvalue weighted by Crippen LogP contribution is -2.24. The first-order valence-corrected chi connectivity index (χ1v) is 9.34. The van der Waals surface area contributed by atoms with Gasteiger partial charge in [-0.05, 0) is 48.7 Å². The molecule has 0 radical (unpaired) electrons. The fourth-order valence-corrected chi connectivity index (χ4v) is 3.79. The van der Waals surface area contributed by atoms with Gasteiger partial charge in [0.1, 0.15) is 11.6 Å². The van der Waals surface area contributed by atoms with Crippen LogP contribution < -0.4 is 0 Å². The zero-order valence-electron chi connectivity index (χ0n) is 15.3. The smallest absolute Gasteiger partial charge is 0.336 e. The number of nitrogens with zero attached hydrogens (tertiary/aromatic N) is 2. The minimum absolute atomic E-state index is 0.0168. The zero-order chi connectivity index (χ0) is 19.5. The molecule has 0 aliphatic carbocycles. The van der Waals surface area contributed by atoms with Crippen LogP contribution in [0.5, 0.6) is 0 Å². The van der Waals surface area contributed by atoms with E-state index in [0.29, 0.717) is 30.2 Å². The number of hydrogen-bond donors (Lipinski definition) is 1. The van der Waals surface area contributed by atoms with Crippen LogP contribution in [0.15, 0.2) is 59.1 Å². The van der Waals surface area contributed by atoms with E-state index in [4.69, 9.17) is 4.42 Å². The molecule has 1 fully saturated rings. The lowest BCUT2D eigenvalue weighted by Gasteiger charge is -2.22. The molecule has 1 N–H and O–H groups in total. The fourth-order valence-electron chi connectivity index (χ4n) is 3.79. The van der Waals surface area contributed by atoms with Crippen molar-refractivity contribution in [1.82, 2.24) is 9.88 Å². The monoisotopic (exact) mass is 380 g/mol. The van der Waals surface area contributed by atoms with E-state index in [0.717, 1.165) is 30.5 Å². The van der Waals surface area contributed by atoms with E-state index in [9.17, 15) is 14.3 Å². The summed E-state index contributed by atoms with van der Waals surface area (Å²) in [7, 11) is 0. The maximum absolute atomic E-state index is 13.4. The first kappa shape index (κ1) is 18.4. The third kappa shape index (κ3) is 3.97. The Morgan fingerprint density at radius 1 is 1.25 bits per heavy atom. The summed E-state index contributed by atoms with van der Waals surface area (Å²) < 4.78 is 19.3. The normalized spacial score (nSPS) is 17.1. The topological polar surface area (TPSA) is 66.6 Å². The molecule has 5 nitrogen and oxygen atoms in total. The Hall–Kier alpha value is -2.99. The second-order valence-corrected chi connectivity index (χ2v) is 7.06. The third-order valence-corrected chi connectivity index (χ3v) is 5.11. The van der Waals surface area contributed by atoms with Gasteiger partial charge in [-0.15, -0.1) is 0 Å². The van der Waals surface area contributed by atoms with Gasteiger partial charge in [-0.1, -0.05) is 30.3 Å². The average Bonchev–Trinajstić information content (AvgIpc) is 3.31. The summed E-state index contributed by atoms with van der Waals surface area (Å²) in [6.45, 7) is 1.40. The van der Waals surface area contributed by atoms with E-state index in [1.54, 1.807) is 24.4 Å². The van der Waals surface area contributed by atoms with Crippen molar-refractivity contribution in [2.75, 3.05) is 6.54 Å². The number of oxazole rings is 1. The zero-order valence-corrected chi connectivity index (χ0v) is 15.3. The van der Waals surface area contributed by atoms with E-state index in [2.05, 4.69) is 9.88 Å². The van der Waals surface area contributed by atoms with Crippen LogP contribution in [0.4, 0.5) is 4.39 Å². The van der Waals surface area contributed by atoms with Crippen LogP contribution in [0.1, 0.15) is 52.0 Å². The third-order valence-electron chi connectivity index (χ3n) is 5.11. The number of carboxylic acid groups (broad SMARTS) is 1. The number of hydrogen-bond acceptors (Lipinski definition) is 4. The summed E-state index contributed by atoms with van der Waals surface area (Å²) in [5, 5.41) is 9.41. The van der Waals surface area contributed by atoms with Gasteiger partial charge in [0.2, 0.25) is 5.89 Å². The number of aromatic carboxylic acids is 1. The van der Waals surface area contributed by atoms with E-state index in [1.807, 2.05) is 18.2 Å². The minimum Gasteiger partial charge on any atom is -0.478 e. The molecular weight excluding hydrogens is 359 g/mol. The molecule has 144 valence electrons. The van der Waals surface area contributed by atoms with Gasteiger partial charge in [0, 0.05) is 13.0 Å². The van der Waals surface area contributed by atoms with E-state index >= 15 is 0 Å². The molecule has 0 bridgehead atoms. The van der Waals surface area contributed by atoms with E-state index in [-0.39, 0.29) is 11.9 Å². The van der Waals surface area contributed by atoms with Gasteiger partial charge >= 0.3 is 5.97 Å². The van der Waals surface area contributed by atoms with Crippen molar-refractivity contribution in [1.29, 1.82) is 0 Å². The largest absolute Gasteiger partial charge is 0.478 e. The van der Waals surface area contributed by atoms with Crippen LogP contribution in [0.2, 0.25) is 0 Å². The van der Waals surface area contributed by atoms with Gasteiger partial charge in [0.15, 0.2) is 0 Å². The second kappa shape index (κ2) is 7.94. The molecule has 1 atom stereocenters. The van der Waals surface area contributed by atoms with Crippen molar-refractivity contribution in [2.24, 2.45) is 0 Å². The minimum atomic E-state index is -0.917. The second-order valence-electron chi connectivity index (χ2n) is 7.06. The molecule has 6 heteroatoms. The molecular formula is C22H21FN2O3. The summed E-state index contributed by atoms with van der Waals surface area (Å²) in [6.07, 6.45) is 4.10. The van der Waals surface area contributed by atoms with Crippen molar-refractivity contribution >= 4 is 5.97 Å². The Bertz CT molecular complexity index is 985. The van der Waals surface area contributed by atoms with Gasteiger partial charge in [0.05, 0.1) is 17.8 Å². The number of benzene rings is 2. The van der Waals surface area contributed by atoms with Gasteiger partial charge in [-0.2, -0.15) is 0 Å². The Morgan fingerprint density at radius 2 is 2.11 bits per heavy atom. The lowest BCUT2D eigenvalue weighted by molar-refractivity contribution is 0.0694. The van der Waals surface area contributed by atoms with E-state index < -0.39 is 5.97 Å². The average molecular weight is 380 g/mol. The van der Waals surface area contributed by atoms with Crippen LogP contribution in [-0.2, 0) is 13.0 Å². The number of rotatable bonds is 6. The molecule has 0 saturated carbocycles. The number of aromatic nitrogens is 1. The quantitative estimate of drug-likeness (QED) is 0.685. The van der Waals surface area contributed by atoms with E-state index in [1.165, 1.54) is 12.1 Å². The summed E-state index contributed by atoms with van der Waals surface area (Å²) >= 11 is 0. The predicted octanol–water partition coefficient (Wildman–Crippen LogP) is 4.44. The summed E-state index contributed by atoms with van der Waals surface area (Å²) in [6, 6.07) is 13.5. The molecule has 1 aliphatic heterocycles. The Balaban J connectivity index is 1.50. The first-order chi connectivity index (χ1) is 13.6. The van der Waals surface area contributed by atoms with Crippen LogP contribution in [-0.4, -0.2) is 27.5 Å². The number of halogens is 1. The summed E-state index contributed by atoms with van der Waals surface area (Å²) in [5.41, 5.74) is 1.95. The first-order valence-electron chi connectivity index (χ1n) is 9.34. The SMILES string of the molecule is O=C(O)c1ccccc1CN1CCC[C@H]1c1ncc(Cc2cccc(F)c2)o1.